The second-order valence-electron chi connectivity index (χ2n) is 5.75. The lowest BCUT2D eigenvalue weighted by Gasteiger charge is -2.11. The molecule has 0 heterocycles. The molecule has 0 aromatic heterocycles. The van der Waals surface area contributed by atoms with Crippen molar-refractivity contribution in [1.29, 1.82) is 0 Å². The van der Waals surface area contributed by atoms with Crippen LogP contribution in [0.2, 0.25) is 0 Å². The number of hydrogen-bond acceptors (Lipinski definition) is 3. The van der Waals surface area contributed by atoms with Crippen LogP contribution in [-0.4, -0.2) is 18.5 Å². The van der Waals surface area contributed by atoms with Crippen molar-refractivity contribution in [3.63, 3.8) is 0 Å². The maximum Gasteiger partial charge on any atom is 0.340 e. The van der Waals surface area contributed by atoms with E-state index < -0.39 is 0 Å². The summed E-state index contributed by atoms with van der Waals surface area (Å²) in [6, 6.07) is 7.01. The van der Waals surface area contributed by atoms with Crippen LogP contribution in [0.3, 0.4) is 0 Å². The third-order valence-corrected chi connectivity index (χ3v) is 3.66. The van der Waals surface area contributed by atoms with Gasteiger partial charge in [-0.15, -0.1) is 0 Å². The second kappa shape index (κ2) is 11.7. The summed E-state index contributed by atoms with van der Waals surface area (Å²) in [5, 5.41) is 2.83. The van der Waals surface area contributed by atoms with E-state index in [-0.39, 0.29) is 11.9 Å². The predicted molar refractivity (Wildman–Crippen MR) is 93.6 cm³/mol. The largest absolute Gasteiger partial charge is 0.462 e. The fraction of sp³-hybridized carbons (Fsp3) is 0.579. The number of carbonyl (C=O) groups excluding carboxylic acids is 2. The van der Waals surface area contributed by atoms with Crippen LogP contribution < -0.4 is 5.32 Å². The topological polar surface area (TPSA) is 55.4 Å². The van der Waals surface area contributed by atoms with Crippen LogP contribution in [0.25, 0.3) is 0 Å². The lowest BCUT2D eigenvalue weighted by molar-refractivity contribution is -0.116. The van der Waals surface area contributed by atoms with E-state index in [1.54, 1.807) is 24.3 Å². The lowest BCUT2D eigenvalue weighted by atomic mass is 10.1. The van der Waals surface area contributed by atoms with Gasteiger partial charge in [0, 0.05) is 6.42 Å². The van der Waals surface area contributed by atoms with Gasteiger partial charge < -0.3 is 10.1 Å². The normalized spacial score (nSPS) is 10.3. The van der Waals surface area contributed by atoms with Gasteiger partial charge in [-0.3, -0.25) is 4.79 Å². The molecule has 0 bridgehead atoms. The first-order valence-electron chi connectivity index (χ1n) is 8.75. The molecule has 1 aromatic carbocycles. The summed E-state index contributed by atoms with van der Waals surface area (Å²) in [5.41, 5.74) is 0.954. The Kier molecular flexibility index (Phi) is 9.76. The SMILES string of the molecule is CCCCCCCC(=O)Nc1ccccc1C(=O)OCCCC. The third kappa shape index (κ3) is 7.82. The first kappa shape index (κ1) is 19.2. The van der Waals surface area contributed by atoms with Crippen molar-refractivity contribution >= 4 is 17.6 Å². The molecular weight excluding hydrogens is 290 g/mol. The van der Waals surface area contributed by atoms with Gasteiger partial charge in [0.2, 0.25) is 5.91 Å². The molecule has 0 radical (unpaired) electrons. The molecule has 4 nitrogen and oxygen atoms in total. The maximum absolute atomic E-state index is 12.1. The van der Waals surface area contributed by atoms with Crippen molar-refractivity contribution in [3.8, 4) is 0 Å². The summed E-state index contributed by atoms with van der Waals surface area (Å²) in [5.74, 6) is -0.424. The summed E-state index contributed by atoms with van der Waals surface area (Å²) in [6.45, 7) is 4.63. The molecule has 0 aliphatic heterocycles. The minimum Gasteiger partial charge on any atom is -0.462 e. The number of nitrogens with one attached hydrogen (secondary N) is 1. The molecule has 0 aliphatic carbocycles. The maximum atomic E-state index is 12.1. The van der Waals surface area contributed by atoms with Gasteiger partial charge in [-0.25, -0.2) is 4.79 Å². The quantitative estimate of drug-likeness (QED) is 0.464. The van der Waals surface area contributed by atoms with Crippen LogP contribution >= 0.6 is 0 Å². The van der Waals surface area contributed by atoms with Crippen LogP contribution in [-0.2, 0) is 9.53 Å². The number of ether oxygens (including phenoxy) is 1. The minimum absolute atomic E-state index is 0.0460. The molecule has 128 valence electrons. The lowest BCUT2D eigenvalue weighted by Crippen LogP contribution is -2.15. The van der Waals surface area contributed by atoms with E-state index in [1.165, 1.54) is 19.3 Å². The van der Waals surface area contributed by atoms with Gasteiger partial charge in [0.15, 0.2) is 0 Å². The van der Waals surface area contributed by atoms with Crippen molar-refractivity contribution in [2.24, 2.45) is 0 Å². The summed E-state index contributed by atoms with van der Waals surface area (Å²) >= 11 is 0. The Morgan fingerprint density at radius 1 is 0.957 bits per heavy atom. The Balaban J connectivity index is 2.49. The van der Waals surface area contributed by atoms with Gasteiger partial charge in [0.1, 0.15) is 0 Å². The van der Waals surface area contributed by atoms with E-state index in [1.807, 2.05) is 6.92 Å². The zero-order valence-electron chi connectivity index (χ0n) is 14.4. The molecule has 0 fully saturated rings. The number of anilines is 1. The number of amides is 1. The van der Waals surface area contributed by atoms with Crippen molar-refractivity contribution in [1.82, 2.24) is 0 Å². The molecule has 1 N–H and O–H groups in total. The Morgan fingerprint density at radius 3 is 2.39 bits per heavy atom. The van der Waals surface area contributed by atoms with Gasteiger partial charge in [-0.05, 0) is 25.0 Å². The number of hydrogen-bond donors (Lipinski definition) is 1. The average Bonchev–Trinajstić information content (AvgIpc) is 2.55. The Labute approximate surface area is 139 Å². The highest BCUT2D eigenvalue weighted by atomic mass is 16.5. The van der Waals surface area contributed by atoms with Crippen molar-refractivity contribution in [2.75, 3.05) is 11.9 Å². The zero-order chi connectivity index (χ0) is 16.9. The number of unbranched alkanes of at least 4 members (excludes halogenated alkanes) is 5. The number of benzene rings is 1. The highest BCUT2D eigenvalue weighted by Crippen LogP contribution is 2.17. The van der Waals surface area contributed by atoms with E-state index in [0.29, 0.717) is 24.3 Å². The van der Waals surface area contributed by atoms with Crippen LogP contribution in [0.1, 0.15) is 75.6 Å². The van der Waals surface area contributed by atoms with E-state index in [4.69, 9.17) is 4.74 Å². The molecule has 0 spiro atoms. The van der Waals surface area contributed by atoms with E-state index in [0.717, 1.165) is 25.7 Å². The van der Waals surface area contributed by atoms with Gasteiger partial charge in [-0.2, -0.15) is 0 Å². The summed E-state index contributed by atoms with van der Waals surface area (Å²) < 4.78 is 5.23. The molecular formula is C19H29NO3. The van der Waals surface area contributed by atoms with Gasteiger partial charge in [-0.1, -0.05) is 58.1 Å². The van der Waals surface area contributed by atoms with Crippen molar-refractivity contribution in [3.05, 3.63) is 29.8 Å². The summed E-state index contributed by atoms with van der Waals surface area (Å²) in [6.07, 6.45) is 7.85. The molecule has 0 aliphatic rings. The number of para-hydroxylation sites is 1. The molecule has 0 saturated carbocycles. The molecule has 1 amide bonds. The van der Waals surface area contributed by atoms with Crippen LogP contribution in [0.5, 0.6) is 0 Å². The fourth-order valence-corrected chi connectivity index (χ4v) is 2.26. The highest BCUT2D eigenvalue weighted by Gasteiger charge is 2.14. The van der Waals surface area contributed by atoms with Crippen molar-refractivity contribution < 1.29 is 14.3 Å². The predicted octanol–water partition coefficient (Wildman–Crippen LogP) is 4.94. The van der Waals surface area contributed by atoms with Gasteiger partial charge >= 0.3 is 5.97 Å². The van der Waals surface area contributed by atoms with Gasteiger partial charge in [0.05, 0.1) is 17.9 Å². The molecule has 0 saturated heterocycles. The average molecular weight is 319 g/mol. The van der Waals surface area contributed by atoms with E-state index in [9.17, 15) is 9.59 Å². The Bertz CT molecular complexity index is 485. The zero-order valence-corrected chi connectivity index (χ0v) is 14.4. The fourth-order valence-electron chi connectivity index (χ4n) is 2.26. The Hall–Kier alpha value is -1.84. The summed E-state index contributed by atoms with van der Waals surface area (Å²) in [4.78, 5) is 24.1. The standard InChI is InChI=1S/C19H29NO3/c1-3-5-7-8-9-14-18(21)20-17-13-11-10-12-16(17)19(22)23-15-6-4-2/h10-13H,3-9,14-15H2,1-2H3,(H,20,21). The molecule has 1 aromatic rings. The molecule has 1 rings (SSSR count). The molecule has 0 atom stereocenters. The number of carbonyl (C=O) groups is 2. The third-order valence-electron chi connectivity index (χ3n) is 3.66. The number of rotatable bonds is 11. The molecule has 4 heteroatoms. The van der Waals surface area contributed by atoms with Crippen LogP contribution in [0.15, 0.2) is 24.3 Å². The molecule has 23 heavy (non-hydrogen) atoms. The van der Waals surface area contributed by atoms with Crippen molar-refractivity contribution in [2.45, 2.75) is 65.2 Å². The van der Waals surface area contributed by atoms with Crippen LogP contribution in [0.4, 0.5) is 5.69 Å². The van der Waals surface area contributed by atoms with Gasteiger partial charge in [0.25, 0.3) is 0 Å². The monoisotopic (exact) mass is 319 g/mol. The molecule has 0 unspecified atom stereocenters. The first-order chi connectivity index (χ1) is 11.2. The number of esters is 1. The Morgan fingerprint density at radius 2 is 1.65 bits per heavy atom. The first-order valence-corrected chi connectivity index (χ1v) is 8.75. The second-order valence-corrected chi connectivity index (χ2v) is 5.75. The highest BCUT2D eigenvalue weighted by molar-refractivity contribution is 6.01. The van der Waals surface area contributed by atoms with Crippen LogP contribution in [0, 0.1) is 0 Å². The summed E-state index contributed by atoms with van der Waals surface area (Å²) in [7, 11) is 0. The minimum atomic E-state index is -0.378. The van der Waals surface area contributed by atoms with E-state index in [2.05, 4.69) is 12.2 Å². The smallest absolute Gasteiger partial charge is 0.340 e. The van der Waals surface area contributed by atoms with E-state index >= 15 is 0 Å².